The first-order valence-corrected chi connectivity index (χ1v) is 7.41. The molecular weight excluding hydrogens is 256 g/mol. The summed E-state index contributed by atoms with van der Waals surface area (Å²) < 4.78 is 5.29. The quantitative estimate of drug-likeness (QED) is 0.907. The molecule has 0 atom stereocenters. The fourth-order valence-electron chi connectivity index (χ4n) is 2.07. The molecule has 100 valence electrons. The van der Waals surface area contributed by atoms with E-state index in [1.54, 1.807) is 18.4 Å². The van der Waals surface area contributed by atoms with E-state index in [9.17, 15) is 0 Å². The molecule has 2 aromatic rings. The summed E-state index contributed by atoms with van der Waals surface area (Å²) in [6, 6.07) is 6.96. The number of aryl methyl sites for hydroxylation is 1. The van der Waals surface area contributed by atoms with E-state index < -0.39 is 0 Å². The van der Waals surface area contributed by atoms with Crippen molar-refractivity contribution in [3.63, 3.8) is 0 Å². The maximum Gasteiger partial charge on any atom is 0.123 e. The van der Waals surface area contributed by atoms with Gasteiger partial charge in [-0.2, -0.15) is 0 Å². The molecule has 19 heavy (non-hydrogen) atoms. The number of aromatic nitrogens is 1. The van der Waals surface area contributed by atoms with Crippen LogP contribution in [0.3, 0.4) is 0 Å². The monoisotopic (exact) mass is 274 g/mol. The van der Waals surface area contributed by atoms with Gasteiger partial charge in [0.25, 0.3) is 0 Å². The van der Waals surface area contributed by atoms with Gasteiger partial charge in [0.15, 0.2) is 0 Å². The largest absolute Gasteiger partial charge is 0.496 e. The van der Waals surface area contributed by atoms with Crippen molar-refractivity contribution >= 4 is 11.3 Å². The lowest BCUT2D eigenvalue weighted by molar-refractivity contribution is 0.412. The highest BCUT2D eigenvalue weighted by atomic mass is 32.1. The molecule has 0 aliphatic heterocycles. The molecule has 1 aromatic heterocycles. The van der Waals surface area contributed by atoms with Crippen LogP contribution in [-0.4, -0.2) is 18.1 Å². The molecule has 1 aromatic carbocycles. The lowest BCUT2D eigenvalue weighted by atomic mass is 10.1. The van der Waals surface area contributed by atoms with Crippen LogP contribution in [0.25, 0.3) is 10.6 Å². The summed E-state index contributed by atoms with van der Waals surface area (Å²) in [6.07, 6.45) is 4.63. The number of rotatable bonds is 5. The average Bonchev–Trinajstić information content (AvgIpc) is 3.13. The third-order valence-corrected chi connectivity index (χ3v) is 4.38. The maximum atomic E-state index is 5.29. The van der Waals surface area contributed by atoms with Gasteiger partial charge in [-0.3, -0.25) is 0 Å². The van der Waals surface area contributed by atoms with E-state index in [1.807, 2.05) is 12.3 Å². The summed E-state index contributed by atoms with van der Waals surface area (Å²) in [7, 11) is 1.70. The summed E-state index contributed by atoms with van der Waals surface area (Å²) in [5.74, 6) is 0.927. The Bertz CT molecular complexity index is 575. The zero-order chi connectivity index (χ0) is 13.2. The molecule has 0 spiro atoms. The first-order valence-electron chi connectivity index (χ1n) is 6.59. The highest BCUT2D eigenvalue weighted by Gasteiger charge is 2.20. The molecule has 1 fully saturated rings. The fraction of sp³-hybridized carbons (Fsp3) is 0.400. The van der Waals surface area contributed by atoms with Gasteiger partial charge in [-0.15, -0.1) is 11.3 Å². The van der Waals surface area contributed by atoms with Crippen molar-refractivity contribution in [1.29, 1.82) is 0 Å². The Hall–Kier alpha value is -1.39. The first kappa shape index (κ1) is 12.6. The van der Waals surface area contributed by atoms with Crippen LogP contribution in [-0.2, 0) is 6.54 Å². The molecular formula is C15H18N2OS. The molecule has 1 aliphatic rings. The lowest BCUT2D eigenvalue weighted by Crippen LogP contribution is -2.14. The minimum Gasteiger partial charge on any atom is -0.496 e. The standard InChI is InChI=1S/C15H18N2OS/c1-10-7-11(3-6-14(10)18-2)15-17-9-13(19-15)8-16-12-4-5-12/h3,6-7,9,12,16H,4-5,8H2,1-2H3. The van der Waals surface area contributed by atoms with E-state index in [-0.39, 0.29) is 0 Å². The first-order chi connectivity index (χ1) is 9.26. The van der Waals surface area contributed by atoms with Crippen LogP contribution in [0.5, 0.6) is 5.75 Å². The molecule has 0 bridgehead atoms. The zero-order valence-electron chi connectivity index (χ0n) is 11.3. The molecule has 0 unspecified atom stereocenters. The predicted molar refractivity (Wildman–Crippen MR) is 78.7 cm³/mol. The van der Waals surface area contributed by atoms with Gasteiger partial charge < -0.3 is 10.1 Å². The SMILES string of the molecule is COc1ccc(-c2ncc(CNC3CC3)s2)cc1C. The van der Waals surface area contributed by atoms with Crippen molar-refractivity contribution in [3.05, 3.63) is 34.8 Å². The molecule has 0 amide bonds. The Morgan fingerprint density at radius 1 is 1.42 bits per heavy atom. The minimum absolute atomic E-state index is 0.744. The van der Waals surface area contributed by atoms with Gasteiger partial charge in [-0.05, 0) is 43.5 Å². The Balaban J connectivity index is 1.75. The minimum atomic E-state index is 0.744. The van der Waals surface area contributed by atoms with Crippen LogP contribution >= 0.6 is 11.3 Å². The second kappa shape index (κ2) is 5.31. The zero-order valence-corrected chi connectivity index (χ0v) is 12.1. The summed E-state index contributed by atoms with van der Waals surface area (Å²) in [6.45, 7) is 3.00. The molecule has 3 rings (SSSR count). The van der Waals surface area contributed by atoms with Gasteiger partial charge in [0.05, 0.1) is 7.11 Å². The molecule has 1 saturated carbocycles. The Morgan fingerprint density at radius 2 is 2.26 bits per heavy atom. The van der Waals surface area contributed by atoms with Crippen molar-refractivity contribution in [3.8, 4) is 16.3 Å². The van der Waals surface area contributed by atoms with Crippen molar-refractivity contribution in [1.82, 2.24) is 10.3 Å². The smallest absolute Gasteiger partial charge is 0.123 e. The number of nitrogens with one attached hydrogen (secondary N) is 1. The highest BCUT2D eigenvalue weighted by molar-refractivity contribution is 7.15. The highest BCUT2D eigenvalue weighted by Crippen LogP contribution is 2.29. The number of thiazole rings is 1. The molecule has 0 saturated heterocycles. The van der Waals surface area contributed by atoms with Crippen LogP contribution in [0.1, 0.15) is 23.3 Å². The predicted octanol–water partition coefficient (Wildman–Crippen LogP) is 3.38. The second-order valence-electron chi connectivity index (χ2n) is 4.97. The van der Waals surface area contributed by atoms with Gasteiger partial charge >= 0.3 is 0 Å². The topological polar surface area (TPSA) is 34.1 Å². The van der Waals surface area contributed by atoms with Crippen molar-refractivity contribution < 1.29 is 4.74 Å². The lowest BCUT2D eigenvalue weighted by Gasteiger charge is -2.05. The summed E-state index contributed by atoms with van der Waals surface area (Å²) in [4.78, 5) is 5.82. The van der Waals surface area contributed by atoms with E-state index in [0.717, 1.165) is 28.9 Å². The van der Waals surface area contributed by atoms with E-state index in [4.69, 9.17) is 4.74 Å². The van der Waals surface area contributed by atoms with E-state index in [2.05, 4.69) is 29.4 Å². The average molecular weight is 274 g/mol. The van der Waals surface area contributed by atoms with Gasteiger partial charge in [-0.1, -0.05) is 0 Å². The van der Waals surface area contributed by atoms with Crippen LogP contribution in [0.4, 0.5) is 0 Å². The van der Waals surface area contributed by atoms with Crippen molar-refractivity contribution in [2.45, 2.75) is 32.4 Å². The number of methoxy groups -OCH3 is 1. The molecule has 1 aliphatic carbocycles. The van der Waals surface area contributed by atoms with Crippen LogP contribution in [0, 0.1) is 6.92 Å². The number of hydrogen-bond acceptors (Lipinski definition) is 4. The van der Waals surface area contributed by atoms with Gasteiger partial charge in [0.2, 0.25) is 0 Å². The summed E-state index contributed by atoms with van der Waals surface area (Å²) in [5, 5.41) is 4.60. The molecule has 4 heteroatoms. The van der Waals surface area contributed by atoms with E-state index >= 15 is 0 Å². The molecule has 3 nitrogen and oxygen atoms in total. The fourth-order valence-corrected chi connectivity index (χ4v) is 2.93. The van der Waals surface area contributed by atoms with Gasteiger partial charge in [0, 0.05) is 29.2 Å². The van der Waals surface area contributed by atoms with E-state index in [1.165, 1.54) is 23.3 Å². The molecule has 0 radical (unpaired) electrons. The number of benzene rings is 1. The third kappa shape index (κ3) is 2.96. The summed E-state index contributed by atoms with van der Waals surface area (Å²) in [5.41, 5.74) is 2.31. The van der Waals surface area contributed by atoms with Gasteiger partial charge in [0.1, 0.15) is 10.8 Å². The van der Waals surface area contributed by atoms with Crippen molar-refractivity contribution in [2.75, 3.05) is 7.11 Å². The number of nitrogens with zero attached hydrogens (tertiary/aromatic N) is 1. The van der Waals surface area contributed by atoms with Crippen LogP contribution in [0.2, 0.25) is 0 Å². The van der Waals surface area contributed by atoms with Crippen molar-refractivity contribution in [2.24, 2.45) is 0 Å². The Kier molecular flexibility index (Phi) is 3.53. The molecule has 1 N–H and O–H groups in total. The van der Waals surface area contributed by atoms with Crippen LogP contribution < -0.4 is 10.1 Å². The Labute approximate surface area is 117 Å². The van der Waals surface area contributed by atoms with Gasteiger partial charge in [-0.25, -0.2) is 4.98 Å². The van der Waals surface area contributed by atoms with Crippen LogP contribution in [0.15, 0.2) is 24.4 Å². The summed E-state index contributed by atoms with van der Waals surface area (Å²) >= 11 is 1.76. The maximum absolute atomic E-state index is 5.29. The number of ether oxygens (including phenoxy) is 1. The van der Waals surface area contributed by atoms with E-state index in [0.29, 0.717) is 0 Å². The third-order valence-electron chi connectivity index (χ3n) is 3.34. The number of hydrogen-bond donors (Lipinski definition) is 1. The molecule has 1 heterocycles. The normalized spacial score (nSPS) is 14.6. The Morgan fingerprint density at radius 3 is 2.95 bits per heavy atom. The second-order valence-corrected chi connectivity index (χ2v) is 6.09.